The van der Waals surface area contributed by atoms with Crippen molar-refractivity contribution in [2.45, 2.75) is 45.6 Å². The summed E-state index contributed by atoms with van der Waals surface area (Å²) in [5.41, 5.74) is 5.66. The molecule has 0 saturated heterocycles. The van der Waals surface area contributed by atoms with Crippen molar-refractivity contribution in [3.63, 3.8) is 0 Å². The van der Waals surface area contributed by atoms with Crippen LogP contribution < -0.4 is 11.1 Å². The predicted octanol–water partition coefficient (Wildman–Crippen LogP) is 3.07. The van der Waals surface area contributed by atoms with Gasteiger partial charge in [-0.15, -0.1) is 0 Å². The number of unbranched alkanes of at least 4 members (excludes halogenated alkanes) is 1. The number of allylic oxidation sites excluding steroid dienone is 1. The van der Waals surface area contributed by atoms with Crippen molar-refractivity contribution in [1.29, 1.82) is 0 Å². The van der Waals surface area contributed by atoms with Gasteiger partial charge >= 0.3 is 0 Å². The van der Waals surface area contributed by atoms with Gasteiger partial charge < -0.3 is 16.2 Å². The van der Waals surface area contributed by atoms with Crippen molar-refractivity contribution in [2.75, 3.05) is 17.7 Å². The van der Waals surface area contributed by atoms with Crippen molar-refractivity contribution >= 4 is 30.2 Å². The summed E-state index contributed by atoms with van der Waals surface area (Å²) < 4.78 is 13.2. The molecule has 0 aliphatic carbocycles. The Morgan fingerprint density at radius 2 is 2.23 bits per heavy atom. The van der Waals surface area contributed by atoms with E-state index in [2.05, 4.69) is 33.9 Å². The lowest BCUT2D eigenvalue weighted by Crippen LogP contribution is -2.39. The molecular weight excluding hydrogens is 285 g/mol. The number of aliphatic hydroxyl groups excluding tert-OH is 1. The van der Waals surface area contributed by atoms with E-state index in [1.807, 2.05) is 6.92 Å². The molecule has 0 saturated carbocycles. The molecule has 7 heteroatoms. The minimum atomic E-state index is -0.581. The first-order valence-electron chi connectivity index (χ1n) is 7.22. The van der Waals surface area contributed by atoms with Gasteiger partial charge in [-0.1, -0.05) is 19.8 Å². The van der Waals surface area contributed by atoms with Crippen LogP contribution in [0.3, 0.4) is 0 Å². The van der Waals surface area contributed by atoms with Crippen molar-refractivity contribution < 1.29 is 9.50 Å². The third-order valence-electron chi connectivity index (χ3n) is 3.27. The molecular formula is C15H24FN5O. The summed E-state index contributed by atoms with van der Waals surface area (Å²) in [5.74, 6) is -0.0920. The fourth-order valence-corrected chi connectivity index (χ4v) is 2.06. The number of anilines is 2. The fourth-order valence-electron chi connectivity index (χ4n) is 2.06. The Labute approximate surface area is 130 Å². The van der Waals surface area contributed by atoms with E-state index >= 15 is 0 Å². The maximum Gasteiger partial charge on any atom is 0.222 e. The Balaban J connectivity index is 3.25. The average molecular weight is 309 g/mol. The third kappa shape index (κ3) is 4.77. The highest BCUT2D eigenvalue weighted by Crippen LogP contribution is 2.32. The van der Waals surface area contributed by atoms with E-state index in [4.69, 9.17) is 5.73 Å². The SMILES string of the molecule is C=Nc1c(/C=C(\C)F)nc(N)nc1N[C@@](C)(CO)CCCC. The van der Waals surface area contributed by atoms with E-state index in [1.165, 1.54) is 13.0 Å². The van der Waals surface area contributed by atoms with Crippen LogP contribution in [0, 0.1) is 0 Å². The first-order valence-corrected chi connectivity index (χ1v) is 7.22. The summed E-state index contributed by atoms with van der Waals surface area (Å²) in [5, 5.41) is 12.8. The normalized spacial score (nSPS) is 14.5. The first kappa shape index (κ1) is 18.0. The van der Waals surface area contributed by atoms with Gasteiger partial charge in [0.2, 0.25) is 5.95 Å². The smallest absolute Gasteiger partial charge is 0.222 e. The zero-order valence-electron chi connectivity index (χ0n) is 13.4. The molecule has 0 amide bonds. The second-order valence-corrected chi connectivity index (χ2v) is 5.50. The van der Waals surface area contributed by atoms with Crippen LogP contribution in [-0.4, -0.2) is 33.9 Å². The predicted molar refractivity (Wildman–Crippen MR) is 89.1 cm³/mol. The highest BCUT2D eigenvalue weighted by atomic mass is 19.1. The largest absolute Gasteiger partial charge is 0.394 e. The topological polar surface area (TPSA) is 96.4 Å². The van der Waals surface area contributed by atoms with Crippen LogP contribution in [0.1, 0.15) is 45.7 Å². The molecule has 122 valence electrons. The van der Waals surface area contributed by atoms with Crippen molar-refractivity contribution in [3.8, 4) is 0 Å². The molecule has 22 heavy (non-hydrogen) atoms. The molecule has 0 aliphatic rings. The summed E-state index contributed by atoms with van der Waals surface area (Å²) in [7, 11) is 0. The van der Waals surface area contributed by atoms with Crippen LogP contribution in [0.5, 0.6) is 0 Å². The number of hydrogen-bond donors (Lipinski definition) is 3. The molecule has 4 N–H and O–H groups in total. The van der Waals surface area contributed by atoms with Gasteiger partial charge in [-0.05, 0) is 33.1 Å². The molecule has 0 aliphatic heterocycles. The van der Waals surface area contributed by atoms with Gasteiger partial charge in [-0.25, -0.2) is 9.37 Å². The number of nitrogens with two attached hydrogens (primary N) is 1. The number of nitrogens with zero attached hydrogens (tertiary/aromatic N) is 3. The second kappa shape index (κ2) is 7.84. The molecule has 1 rings (SSSR count). The van der Waals surface area contributed by atoms with E-state index in [0.29, 0.717) is 11.5 Å². The fraction of sp³-hybridized carbons (Fsp3) is 0.533. The second-order valence-electron chi connectivity index (χ2n) is 5.50. The number of nitrogen functional groups attached to an aromatic ring is 1. The van der Waals surface area contributed by atoms with Gasteiger partial charge in [0.25, 0.3) is 0 Å². The van der Waals surface area contributed by atoms with Crippen LogP contribution in [-0.2, 0) is 0 Å². The third-order valence-corrected chi connectivity index (χ3v) is 3.27. The molecule has 0 fully saturated rings. The molecule has 0 radical (unpaired) electrons. The first-order chi connectivity index (χ1) is 10.3. The Kier molecular flexibility index (Phi) is 6.42. The molecule has 1 atom stereocenters. The number of aliphatic hydroxyl groups is 1. The lowest BCUT2D eigenvalue weighted by Gasteiger charge is -2.30. The summed E-state index contributed by atoms with van der Waals surface area (Å²) in [6.45, 7) is 8.65. The number of aromatic nitrogens is 2. The van der Waals surface area contributed by atoms with E-state index < -0.39 is 11.4 Å². The van der Waals surface area contributed by atoms with Crippen LogP contribution in [0.4, 0.5) is 21.8 Å². The standard InChI is InChI=1S/C15H24FN5O/c1-5-6-7-15(3,9-22)21-13-12(18-4)11(8-10(2)16)19-14(17)20-13/h8,22H,4-7,9H2,1-3H3,(H3,17,19,20,21)/b10-8+/t15-/m1/s1. The van der Waals surface area contributed by atoms with Gasteiger partial charge in [0.15, 0.2) is 5.82 Å². The Hall–Kier alpha value is -2.02. The Bertz CT molecular complexity index is 557. The minimum Gasteiger partial charge on any atom is -0.394 e. The maximum absolute atomic E-state index is 13.2. The summed E-state index contributed by atoms with van der Waals surface area (Å²) >= 11 is 0. The van der Waals surface area contributed by atoms with Gasteiger partial charge in [-0.3, -0.25) is 4.99 Å². The molecule has 0 aromatic carbocycles. The zero-order valence-corrected chi connectivity index (χ0v) is 13.4. The molecule has 1 aromatic rings. The number of hydrogen-bond acceptors (Lipinski definition) is 6. The summed E-state index contributed by atoms with van der Waals surface area (Å²) in [4.78, 5) is 12.0. The monoisotopic (exact) mass is 309 g/mol. The molecule has 6 nitrogen and oxygen atoms in total. The van der Waals surface area contributed by atoms with Gasteiger partial charge in [0.1, 0.15) is 5.69 Å². The van der Waals surface area contributed by atoms with E-state index in [-0.39, 0.29) is 18.2 Å². The summed E-state index contributed by atoms with van der Waals surface area (Å²) in [6.07, 6.45) is 3.91. The van der Waals surface area contributed by atoms with Gasteiger partial charge in [0, 0.05) is 0 Å². The molecule has 0 bridgehead atoms. The van der Waals surface area contributed by atoms with Crippen molar-refractivity contribution in [1.82, 2.24) is 9.97 Å². The van der Waals surface area contributed by atoms with Crippen LogP contribution in [0.25, 0.3) is 6.08 Å². The quantitative estimate of drug-likeness (QED) is 0.641. The molecule has 0 spiro atoms. The lowest BCUT2D eigenvalue weighted by atomic mass is 9.96. The van der Waals surface area contributed by atoms with E-state index in [9.17, 15) is 9.50 Å². The molecule has 1 aromatic heterocycles. The van der Waals surface area contributed by atoms with Crippen LogP contribution in [0.15, 0.2) is 10.8 Å². The highest BCUT2D eigenvalue weighted by molar-refractivity contribution is 5.75. The molecule has 0 unspecified atom stereocenters. The van der Waals surface area contributed by atoms with E-state index in [0.717, 1.165) is 19.3 Å². The van der Waals surface area contributed by atoms with Crippen molar-refractivity contribution in [2.24, 2.45) is 4.99 Å². The van der Waals surface area contributed by atoms with Gasteiger partial charge in [0.05, 0.1) is 23.7 Å². The molecule has 1 heterocycles. The number of halogens is 1. The van der Waals surface area contributed by atoms with Crippen molar-refractivity contribution in [3.05, 3.63) is 11.5 Å². The zero-order chi connectivity index (χ0) is 16.8. The lowest BCUT2D eigenvalue weighted by molar-refractivity contribution is 0.212. The number of rotatable bonds is 8. The Morgan fingerprint density at radius 1 is 1.55 bits per heavy atom. The minimum absolute atomic E-state index is 0.00168. The van der Waals surface area contributed by atoms with Crippen LogP contribution in [0.2, 0.25) is 0 Å². The van der Waals surface area contributed by atoms with Gasteiger partial charge in [-0.2, -0.15) is 4.98 Å². The van der Waals surface area contributed by atoms with E-state index in [1.54, 1.807) is 0 Å². The Morgan fingerprint density at radius 3 is 2.73 bits per heavy atom. The van der Waals surface area contributed by atoms with Crippen LogP contribution >= 0.6 is 0 Å². The summed E-state index contributed by atoms with van der Waals surface area (Å²) in [6, 6.07) is 0. The number of nitrogens with one attached hydrogen (secondary N) is 1. The highest BCUT2D eigenvalue weighted by Gasteiger charge is 2.25. The number of aliphatic imine (C=N–C) groups is 1. The maximum atomic E-state index is 13.2. The average Bonchev–Trinajstić information content (AvgIpc) is 2.44.